The molecule has 1 unspecified atom stereocenters. The van der Waals surface area contributed by atoms with Gasteiger partial charge in [0.2, 0.25) is 5.91 Å². The van der Waals surface area contributed by atoms with Crippen LogP contribution in [0.3, 0.4) is 0 Å². The van der Waals surface area contributed by atoms with Crippen LogP contribution in [0.5, 0.6) is 0 Å². The molecule has 4 aromatic rings. The van der Waals surface area contributed by atoms with Crippen LogP contribution in [-0.4, -0.2) is 23.0 Å². The first kappa shape index (κ1) is 28.1. The molecule has 3 amide bonds. The van der Waals surface area contributed by atoms with E-state index in [1.165, 1.54) is 11.8 Å². The Balaban J connectivity index is 1.45. The van der Waals surface area contributed by atoms with Crippen molar-refractivity contribution in [2.45, 2.75) is 17.1 Å². The number of anilines is 2. The number of carbonyl (C=O) groups excluding carboxylic acids is 3. The Morgan fingerprint density at radius 2 is 1.44 bits per heavy atom. The normalized spacial score (nSPS) is 11.8. The Bertz CT molecular complexity index is 1480. The van der Waals surface area contributed by atoms with Gasteiger partial charge in [0.15, 0.2) is 0 Å². The zero-order valence-corrected chi connectivity index (χ0v) is 24.0. The number of hydrogen-bond acceptors (Lipinski definition) is 4. The van der Waals surface area contributed by atoms with Crippen LogP contribution in [0, 0.1) is 3.57 Å². The van der Waals surface area contributed by atoms with Crippen LogP contribution < -0.4 is 16.0 Å². The van der Waals surface area contributed by atoms with E-state index in [9.17, 15) is 14.4 Å². The molecule has 0 saturated carbocycles. The van der Waals surface area contributed by atoms with Gasteiger partial charge in [-0.3, -0.25) is 14.4 Å². The molecule has 0 bridgehead atoms. The second-order valence-electron chi connectivity index (χ2n) is 8.53. The van der Waals surface area contributed by atoms with E-state index in [0.717, 1.165) is 19.7 Å². The van der Waals surface area contributed by atoms with E-state index < -0.39 is 5.91 Å². The molecule has 8 heteroatoms. The minimum atomic E-state index is -0.463. The summed E-state index contributed by atoms with van der Waals surface area (Å²) >= 11 is 3.60. The molecule has 0 saturated heterocycles. The lowest BCUT2D eigenvalue weighted by molar-refractivity contribution is -0.115. The molecule has 0 aromatic heterocycles. The van der Waals surface area contributed by atoms with Gasteiger partial charge in [0.05, 0.1) is 5.25 Å². The summed E-state index contributed by atoms with van der Waals surface area (Å²) in [6.45, 7) is 1.83. The maximum atomic E-state index is 13.3. The predicted octanol–water partition coefficient (Wildman–Crippen LogP) is 6.82. The van der Waals surface area contributed by atoms with Gasteiger partial charge in [0.1, 0.15) is 5.70 Å². The maximum absolute atomic E-state index is 13.3. The van der Waals surface area contributed by atoms with Crippen LogP contribution in [0.4, 0.5) is 11.4 Å². The SMILES string of the molecule is CC(Sc1cccc(NC(=O)/C(=C/c2ccccc2)NC(=O)c2ccccc2)c1)C(=O)Nc1ccc(I)cc1. The first-order chi connectivity index (χ1) is 18.9. The smallest absolute Gasteiger partial charge is 0.272 e. The highest BCUT2D eigenvalue weighted by Crippen LogP contribution is 2.27. The highest BCUT2D eigenvalue weighted by atomic mass is 127. The number of thioether (sulfide) groups is 1. The molecule has 4 aromatic carbocycles. The minimum absolute atomic E-state index is 0.110. The molecule has 0 fully saturated rings. The summed E-state index contributed by atoms with van der Waals surface area (Å²) in [5.74, 6) is -0.965. The Labute approximate surface area is 245 Å². The number of amides is 3. The molecule has 1 atom stereocenters. The first-order valence-electron chi connectivity index (χ1n) is 12.1. The molecule has 4 rings (SSSR count). The van der Waals surface area contributed by atoms with Crippen LogP contribution >= 0.6 is 34.4 Å². The van der Waals surface area contributed by atoms with Crippen molar-refractivity contribution in [1.82, 2.24) is 5.32 Å². The lowest BCUT2D eigenvalue weighted by atomic mass is 10.1. The summed E-state index contributed by atoms with van der Waals surface area (Å²) in [6.07, 6.45) is 1.63. The number of benzene rings is 4. The fourth-order valence-electron chi connectivity index (χ4n) is 3.54. The Morgan fingerprint density at radius 1 is 0.769 bits per heavy atom. The molecule has 0 radical (unpaired) electrons. The lowest BCUT2D eigenvalue weighted by Gasteiger charge is -2.14. The minimum Gasteiger partial charge on any atom is -0.325 e. The third-order valence-corrected chi connectivity index (χ3v) is 7.34. The van der Waals surface area contributed by atoms with Gasteiger partial charge in [0.25, 0.3) is 11.8 Å². The van der Waals surface area contributed by atoms with E-state index in [0.29, 0.717) is 11.3 Å². The Morgan fingerprint density at radius 3 is 2.13 bits per heavy atom. The fourth-order valence-corrected chi connectivity index (χ4v) is 4.82. The topological polar surface area (TPSA) is 87.3 Å². The van der Waals surface area contributed by atoms with Crippen LogP contribution in [0.2, 0.25) is 0 Å². The van der Waals surface area contributed by atoms with Gasteiger partial charge in [0, 0.05) is 25.4 Å². The molecular weight excluding hydrogens is 621 g/mol. The van der Waals surface area contributed by atoms with Crippen LogP contribution in [-0.2, 0) is 9.59 Å². The van der Waals surface area contributed by atoms with Crippen molar-refractivity contribution >= 4 is 69.5 Å². The van der Waals surface area contributed by atoms with Crippen molar-refractivity contribution in [3.63, 3.8) is 0 Å². The summed E-state index contributed by atoms with van der Waals surface area (Å²) < 4.78 is 1.09. The molecule has 0 spiro atoms. The molecule has 39 heavy (non-hydrogen) atoms. The van der Waals surface area contributed by atoms with Gasteiger partial charge in [-0.05, 0) is 95.8 Å². The van der Waals surface area contributed by atoms with Crippen LogP contribution in [0.1, 0.15) is 22.8 Å². The van der Waals surface area contributed by atoms with Gasteiger partial charge in [-0.2, -0.15) is 0 Å². The standard InChI is InChI=1S/C31H26IN3O3S/c1-21(29(36)33-25-17-15-24(32)16-18-25)39-27-14-8-13-26(20-27)34-31(38)28(19-22-9-4-2-5-10-22)35-30(37)23-11-6-3-7-12-23/h2-21H,1H3,(H,33,36)(H,34,38)(H,35,37)/b28-19-. The summed E-state index contributed by atoms with van der Waals surface area (Å²) in [5.41, 5.74) is 2.61. The van der Waals surface area contributed by atoms with E-state index in [1.54, 1.807) is 42.5 Å². The zero-order valence-electron chi connectivity index (χ0n) is 21.1. The maximum Gasteiger partial charge on any atom is 0.272 e. The highest BCUT2D eigenvalue weighted by Gasteiger charge is 2.17. The summed E-state index contributed by atoms with van der Waals surface area (Å²) in [7, 11) is 0. The van der Waals surface area contributed by atoms with E-state index in [1.807, 2.05) is 79.7 Å². The fraction of sp³-hybridized carbons (Fsp3) is 0.0645. The Kier molecular flexibility index (Phi) is 9.93. The van der Waals surface area contributed by atoms with Gasteiger partial charge in [-0.25, -0.2) is 0 Å². The Hall–Kier alpha value is -3.89. The molecule has 0 aliphatic rings. The van der Waals surface area contributed by atoms with Gasteiger partial charge >= 0.3 is 0 Å². The highest BCUT2D eigenvalue weighted by molar-refractivity contribution is 14.1. The molecule has 0 aliphatic carbocycles. The van der Waals surface area contributed by atoms with Crippen molar-refractivity contribution in [3.8, 4) is 0 Å². The first-order valence-corrected chi connectivity index (χ1v) is 14.1. The monoisotopic (exact) mass is 647 g/mol. The number of rotatable bonds is 9. The number of nitrogens with one attached hydrogen (secondary N) is 3. The lowest BCUT2D eigenvalue weighted by Crippen LogP contribution is -2.30. The molecule has 196 valence electrons. The number of hydrogen-bond donors (Lipinski definition) is 3. The summed E-state index contributed by atoms with van der Waals surface area (Å²) in [4.78, 5) is 39.6. The van der Waals surface area contributed by atoms with Crippen molar-refractivity contribution in [3.05, 3.63) is 130 Å². The second kappa shape index (κ2) is 13.8. The van der Waals surface area contributed by atoms with Crippen molar-refractivity contribution in [2.24, 2.45) is 0 Å². The van der Waals surface area contributed by atoms with E-state index in [-0.39, 0.29) is 22.8 Å². The van der Waals surface area contributed by atoms with Crippen LogP contribution in [0.15, 0.2) is 120 Å². The van der Waals surface area contributed by atoms with Gasteiger partial charge in [-0.1, -0.05) is 54.6 Å². The largest absolute Gasteiger partial charge is 0.325 e. The van der Waals surface area contributed by atoms with Crippen molar-refractivity contribution < 1.29 is 14.4 Å². The molecule has 3 N–H and O–H groups in total. The van der Waals surface area contributed by atoms with Crippen molar-refractivity contribution in [2.75, 3.05) is 10.6 Å². The number of halogens is 1. The third kappa shape index (κ3) is 8.56. The zero-order chi connectivity index (χ0) is 27.6. The summed E-state index contributed by atoms with van der Waals surface area (Å²) in [5, 5.41) is 8.17. The molecule has 6 nitrogen and oxygen atoms in total. The molecular formula is C31H26IN3O3S. The molecule has 0 heterocycles. The quantitative estimate of drug-likeness (QED) is 0.106. The van der Waals surface area contributed by atoms with Gasteiger partial charge in [-0.15, -0.1) is 11.8 Å². The van der Waals surface area contributed by atoms with Gasteiger partial charge < -0.3 is 16.0 Å². The second-order valence-corrected chi connectivity index (χ2v) is 11.2. The van der Waals surface area contributed by atoms with Crippen molar-refractivity contribution in [1.29, 1.82) is 0 Å². The van der Waals surface area contributed by atoms with E-state index in [4.69, 9.17) is 0 Å². The average molecular weight is 648 g/mol. The average Bonchev–Trinajstić information content (AvgIpc) is 2.95. The van der Waals surface area contributed by atoms with E-state index in [2.05, 4.69) is 38.5 Å². The number of carbonyl (C=O) groups is 3. The van der Waals surface area contributed by atoms with Crippen LogP contribution in [0.25, 0.3) is 6.08 Å². The third-order valence-electron chi connectivity index (χ3n) is 5.53. The summed E-state index contributed by atoms with van der Waals surface area (Å²) in [6, 6.07) is 32.9. The van der Waals surface area contributed by atoms with E-state index >= 15 is 0 Å². The molecule has 0 aliphatic heterocycles. The predicted molar refractivity (Wildman–Crippen MR) is 167 cm³/mol.